The predicted molar refractivity (Wildman–Crippen MR) is 105 cm³/mol. The fraction of sp³-hybridized carbons (Fsp3) is 0.588. The van der Waals surface area contributed by atoms with E-state index in [-0.39, 0.29) is 36.7 Å². The molecule has 2 rings (SSSR count). The lowest BCUT2D eigenvalue weighted by atomic mass is 10.1. The van der Waals surface area contributed by atoms with Gasteiger partial charge in [-0.15, -0.1) is 24.0 Å². The van der Waals surface area contributed by atoms with Crippen molar-refractivity contribution in [3.05, 3.63) is 35.4 Å². The highest BCUT2D eigenvalue weighted by molar-refractivity contribution is 14.0. The first-order valence-corrected chi connectivity index (χ1v) is 8.25. The van der Waals surface area contributed by atoms with Crippen LogP contribution in [-0.4, -0.2) is 45.0 Å². The molecule has 1 aliphatic heterocycles. The summed E-state index contributed by atoms with van der Waals surface area (Å²) >= 11 is 0. The summed E-state index contributed by atoms with van der Waals surface area (Å²) in [5.74, 6) is 0.661. The molecule has 5 nitrogen and oxygen atoms in total. The molecule has 0 amide bonds. The SMILES string of the molecule is CN=C(NCc1cccc(COCC(F)(F)F)c1)NCC1CCCO1.I. The molecule has 0 radical (unpaired) electrons. The molecule has 1 aromatic rings. The van der Waals surface area contributed by atoms with Crippen LogP contribution in [0.4, 0.5) is 13.2 Å². The second-order valence-electron chi connectivity index (χ2n) is 5.87. The van der Waals surface area contributed by atoms with Crippen molar-refractivity contribution < 1.29 is 22.6 Å². The van der Waals surface area contributed by atoms with Gasteiger partial charge in [0.1, 0.15) is 6.61 Å². The van der Waals surface area contributed by atoms with Crippen molar-refractivity contribution in [1.82, 2.24) is 10.6 Å². The number of aliphatic imine (C=N–C) groups is 1. The molecule has 0 bridgehead atoms. The van der Waals surface area contributed by atoms with E-state index in [2.05, 4.69) is 20.4 Å². The Bertz CT molecular complexity index is 564. The quantitative estimate of drug-likeness (QED) is 0.353. The number of nitrogens with one attached hydrogen (secondary N) is 2. The maximum absolute atomic E-state index is 12.1. The molecule has 26 heavy (non-hydrogen) atoms. The summed E-state index contributed by atoms with van der Waals surface area (Å²) in [6, 6.07) is 7.25. The summed E-state index contributed by atoms with van der Waals surface area (Å²) < 4.78 is 46.6. The average molecular weight is 487 g/mol. The lowest BCUT2D eigenvalue weighted by Gasteiger charge is -2.15. The Kier molecular flexibility index (Phi) is 10.3. The van der Waals surface area contributed by atoms with Crippen molar-refractivity contribution in [2.45, 2.75) is 38.3 Å². The number of hydrogen-bond donors (Lipinski definition) is 2. The van der Waals surface area contributed by atoms with Crippen LogP contribution < -0.4 is 10.6 Å². The van der Waals surface area contributed by atoms with Crippen molar-refractivity contribution in [3.8, 4) is 0 Å². The van der Waals surface area contributed by atoms with Gasteiger partial charge >= 0.3 is 6.18 Å². The Hall–Kier alpha value is -1.07. The predicted octanol–water partition coefficient (Wildman–Crippen LogP) is 3.23. The van der Waals surface area contributed by atoms with E-state index in [1.54, 1.807) is 19.2 Å². The number of rotatable bonds is 7. The first-order valence-electron chi connectivity index (χ1n) is 8.25. The van der Waals surface area contributed by atoms with Crippen LogP contribution in [0.2, 0.25) is 0 Å². The summed E-state index contributed by atoms with van der Waals surface area (Å²) in [5, 5.41) is 6.39. The Morgan fingerprint density at radius 2 is 2.08 bits per heavy atom. The van der Waals surface area contributed by atoms with Crippen LogP contribution in [0.25, 0.3) is 0 Å². The van der Waals surface area contributed by atoms with Gasteiger partial charge in [-0.05, 0) is 24.0 Å². The number of hydrogen-bond acceptors (Lipinski definition) is 3. The van der Waals surface area contributed by atoms with E-state index in [4.69, 9.17) is 4.74 Å². The summed E-state index contributed by atoms with van der Waals surface area (Å²) in [6.07, 6.45) is -1.96. The Labute approximate surface area is 168 Å². The first kappa shape index (κ1) is 23.0. The van der Waals surface area contributed by atoms with E-state index < -0.39 is 12.8 Å². The molecule has 1 aromatic carbocycles. The number of ether oxygens (including phenoxy) is 2. The lowest BCUT2D eigenvalue weighted by Crippen LogP contribution is -2.40. The number of halogens is 4. The fourth-order valence-corrected chi connectivity index (χ4v) is 2.54. The topological polar surface area (TPSA) is 54.9 Å². The van der Waals surface area contributed by atoms with E-state index in [1.807, 2.05) is 12.1 Å². The van der Waals surface area contributed by atoms with Gasteiger partial charge in [-0.25, -0.2) is 0 Å². The number of alkyl halides is 3. The van der Waals surface area contributed by atoms with E-state index in [1.165, 1.54) is 0 Å². The molecule has 0 saturated carbocycles. The molecule has 0 aromatic heterocycles. The smallest absolute Gasteiger partial charge is 0.376 e. The molecule has 148 valence electrons. The van der Waals surface area contributed by atoms with Crippen molar-refractivity contribution in [1.29, 1.82) is 0 Å². The van der Waals surface area contributed by atoms with Crippen LogP contribution >= 0.6 is 24.0 Å². The summed E-state index contributed by atoms with van der Waals surface area (Å²) in [4.78, 5) is 4.15. The number of nitrogens with zero attached hydrogens (tertiary/aromatic N) is 1. The second-order valence-corrected chi connectivity index (χ2v) is 5.87. The van der Waals surface area contributed by atoms with Gasteiger partial charge in [-0.2, -0.15) is 13.2 Å². The van der Waals surface area contributed by atoms with E-state index in [0.29, 0.717) is 24.6 Å². The Morgan fingerprint density at radius 3 is 2.73 bits per heavy atom. The zero-order chi connectivity index (χ0) is 18.1. The molecule has 0 spiro atoms. The van der Waals surface area contributed by atoms with Gasteiger partial charge < -0.3 is 20.1 Å². The maximum Gasteiger partial charge on any atom is 0.411 e. The molecule has 9 heteroatoms. The monoisotopic (exact) mass is 487 g/mol. The van der Waals surface area contributed by atoms with E-state index in [0.717, 1.165) is 25.0 Å². The zero-order valence-corrected chi connectivity index (χ0v) is 17.0. The third kappa shape index (κ3) is 9.04. The van der Waals surface area contributed by atoms with Crippen LogP contribution in [-0.2, 0) is 22.6 Å². The minimum atomic E-state index is -4.31. The molecule has 1 aliphatic rings. The highest BCUT2D eigenvalue weighted by atomic mass is 127. The molecule has 1 unspecified atom stereocenters. The van der Waals surface area contributed by atoms with Crippen molar-refractivity contribution >= 4 is 29.9 Å². The number of guanidine groups is 1. The Morgan fingerprint density at radius 1 is 1.31 bits per heavy atom. The first-order chi connectivity index (χ1) is 12.0. The standard InChI is InChI=1S/C17H24F3N3O2.HI/c1-21-16(23-10-15-6-3-7-25-15)22-9-13-4-2-5-14(8-13)11-24-12-17(18,19)20;/h2,4-5,8,15H,3,6-7,9-12H2,1H3,(H2,21,22,23);1H. The third-order valence-electron chi connectivity index (χ3n) is 3.73. The van der Waals surface area contributed by atoms with Gasteiger partial charge in [0.05, 0.1) is 12.7 Å². The van der Waals surface area contributed by atoms with Gasteiger partial charge in [0.15, 0.2) is 5.96 Å². The molecular weight excluding hydrogens is 462 g/mol. The Balaban J connectivity index is 0.00000338. The maximum atomic E-state index is 12.1. The molecular formula is C17H25F3IN3O2. The number of benzene rings is 1. The third-order valence-corrected chi connectivity index (χ3v) is 3.73. The highest BCUT2D eigenvalue weighted by Gasteiger charge is 2.27. The normalized spacial score (nSPS) is 17.7. The van der Waals surface area contributed by atoms with Crippen LogP contribution in [0.1, 0.15) is 24.0 Å². The van der Waals surface area contributed by atoms with Crippen molar-refractivity contribution in [3.63, 3.8) is 0 Å². The van der Waals surface area contributed by atoms with Crippen LogP contribution in [0.3, 0.4) is 0 Å². The minimum Gasteiger partial charge on any atom is -0.376 e. The summed E-state index contributed by atoms with van der Waals surface area (Å²) in [5.41, 5.74) is 1.64. The van der Waals surface area contributed by atoms with Crippen LogP contribution in [0, 0.1) is 0 Å². The molecule has 0 aliphatic carbocycles. The van der Waals surface area contributed by atoms with Crippen molar-refractivity contribution in [2.24, 2.45) is 4.99 Å². The highest BCUT2D eigenvalue weighted by Crippen LogP contribution is 2.16. The molecule has 1 heterocycles. The molecule has 1 atom stereocenters. The zero-order valence-electron chi connectivity index (χ0n) is 14.6. The second kappa shape index (κ2) is 11.6. The van der Waals surface area contributed by atoms with Gasteiger partial charge in [0, 0.05) is 26.7 Å². The van der Waals surface area contributed by atoms with Gasteiger partial charge in [0.2, 0.25) is 0 Å². The molecule has 2 N–H and O–H groups in total. The minimum absolute atomic E-state index is 0. The van der Waals surface area contributed by atoms with Gasteiger partial charge in [-0.1, -0.05) is 24.3 Å². The van der Waals surface area contributed by atoms with Crippen LogP contribution in [0.15, 0.2) is 29.3 Å². The largest absolute Gasteiger partial charge is 0.411 e. The van der Waals surface area contributed by atoms with Gasteiger partial charge in [0.25, 0.3) is 0 Å². The van der Waals surface area contributed by atoms with Gasteiger partial charge in [-0.3, -0.25) is 4.99 Å². The molecule has 1 fully saturated rings. The van der Waals surface area contributed by atoms with E-state index >= 15 is 0 Å². The van der Waals surface area contributed by atoms with Crippen molar-refractivity contribution in [2.75, 3.05) is 26.8 Å². The molecule has 1 saturated heterocycles. The van der Waals surface area contributed by atoms with E-state index in [9.17, 15) is 13.2 Å². The average Bonchev–Trinajstić information content (AvgIpc) is 3.08. The fourth-order valence-electron chi connectivity index (χ4n) is 2.54. The van der Waals surface area contributed by atoms with Crippen LogP contribution in [0.5, 0.6) is 0 Å². The summed E-state index contributed by atoms with van der Waals surface area (Å²) in [6.45, 7) is 0.708. The lowest BCUT2D eigenvalue weighted by molar-refractivity contribution is -0.176. The summed E-state index contributed by atoms with van der Waals surface area (Å²) in [7, 11) is 1.69.